The summed E-state index contributed by atoms with van der Waals surface area (Å²) in [6, 6.07) is 11.0. The smallest absolute Gasteiger partial charge is 0.165 e. The van der Waals surface area contributed by atoms with Crippen molar-refractivity contribution < 1.29 is 14.2 Å². The van der Waals surface area contributed by atoms with E-state index >= 15 is 0 Å². The van der Waals surface area contributed by atoms with E-state index in [1.807, 2.05) is 6.07 Å². The predicted octanol–water partition coefficient (Wildman–Crippen LogP) is 3.60. The summed E-state index contributed by atoms with van der Waals surface area (Å²) in [5, 5.41) is 10.2. The maximum atomic E-state index is 13.6. The van der Waals surface area contributed by atoms with E-state index in [4.69, 9.17) is 4.74 Å². The van der Waals surface area contributed by atoms with Crippen molar-refractivity contribution in [3.05, 3.63) is 64.5 Å². The first-order valence-electron chi connectivity index (χ1n) is 7.06. The molecule has 0 heterocycles. The van der Waals surface area contributed by atoms with Gasteiger partial charge in [0.1, 0.15) is 0 Å². The van der Waals surface area contributed by atoms with Crippen LogP contribution in [0, 0.1) is 19.7 Å². The highest BCUT2D eigenvalue weighted by molar-refractivity contribution is 5.31. The van der Waals surface area contributed by atoms with Crippen molar-refractivity contribution in [3.63, 3.8) is 0 Å². The van der Waals surface area contributed by atoms with E-state index in [1.165, 1.54) is 24.3 Å². The molecule has 2 aromatic rings. The molecule has 21 heavy (non-hydrogen) atoms. The van der Waals surface area contributed by atoms with Gasteiger partial charge in [0, 0.05) is 0 Å². The first-order valence-corrected chi connectivity index (χ1v) is 7.06. The second-order valence-electron chi connectivity index (χ2n) is 5.45. The topological polar surface area (TPSA) is 29.5 Å². The van der Waals surface area contributed by atoms with Gasteiger partial charge < -0.3 is 9.84 Å². The summed E-state index contributed by atoms with van der Waals surface area (Å²) in [6.07, 6.45) is 0.461. The first-order chi connectivity index (χ1) is 9.99. The van der Waals surface area contributed by atoms with Crippen molar-refractivity contribution in [1.82, 2.24) is 0 Å². The third-order valence-electron chi connectivity index (χ3n) is 3.73. The predicted molar refractivity (Wildman–Crippen MR) is 82.3 cm³/mol. The number of hydrogen-bond acceptors (Lipinski definition) is 2. The van der Waals surface area contributed by atoms with Gasteiger partial charge in [-0.05, 0) is 61.1 Å². The van der Waals surface area contributed by atoms with Gasteiger partial charge in [-0.25, -0.2) is 4.39 Å². The number of ether oxygens (including phenoxy) is 1. The Morgan fingerprint density at radius 1 is 1.00 bits per heavy atom. The molecule has 2 rings (SSSR count). The monoisotopic (exact) mass is 288 g/mol. The molecule has 0 fully saturated rings. The average Bonchev–Trinajstić information content (AvgIpc) is 2.43. The Kier molecular flexibility index (Phi) is 4.97. The van der Waals surface area contributed by atoms with E-state index in [0.29, 0.717) is 12.8 Å². The van der Waals surface area contributed by atoms with Crippen molar-refractivity contribution in [3.8, 4) is 5.75 Å². The minimum atomic E-state index is -0.528. The number of halogens is 1. The first kappa shape index (κ1) is 15.5. The Labute approximate surface area is 125 Å². The van der Waals surface area contributed by atoms with E-state index < -0.39 is 11.9 Å². The van der Waals surface area contributed by atoms with E-state index in [2.05, 4.69) is 26.0 Å². The maximum Gasteiger partial charge on any atom is 0.165 e. The van der Waals surface area contributed by atoms with Gasteiger partial charge in [0.15, 0.2) is 11.6 Å². The SMILES string of the molecule is COc1ccc(CC(O)Cc2ccc(C)c(C)c2)cc1F. The summed E-state index contributed by atoms with van der Waals surface area (Å²) in [5.41, 5.74) is 4.32. The molecule has 0 aliphatic carbocycles. The van der Waals surface area contributed by atoms with Crippen molar-refractivity contribution in [1.29, 1.82) is 0 Å². The number of hydrogen-bond donors (Lipinski definition) is 1. The van der Waals surface area contributed by atoms with Crippen LogP contribution in [0.1, 0.15) is 22.3 Å². The Morgan fingerprint density at radius 2 is 1.62 bits per heavy atom. The maximum absolute atomic E-state index is 13.6. The Balaban J connectivity index is 2.02. The number of methoxy groups -OCH3 is 1. The van der Waals surface area contributed by atoms with Crippen molar-refractivity contribution in [2.45, 2.75) is 32.8 Å². The average molecular weight is 288 g/mol. The van der Waals surface area contributed by atoms with Crippen LogP contribution in [-0.2, 0) is 12.8 Å². The molecular formula is C18H21FO2. The van der Waals surface area contributed by atoms with Gasteiger partial charge in [-0.2, -0.15) is 0 Å². The van der Waals surface area contributed by atoms with E-state index in [0.717, 1.165) is 11.1 Å². The lowest BCUT2D eigenvalue weighted by molar-refractivity contribution is 0.175. The van der Waals surface area contributed by atoms with Gasteiger partial charge >= 0.3 is 0 Å². The lowest BCUT2D eigenvalue weighted by atomic mass is 9.98. The van der Waals surface area contributed by atoms with Gasteiger partial charge in [-0.3, -0.25) is 0 Å². The lowest BCUT2D eigenvalue weighted by Crippen LogP contribution is -2.14. The normalized spacial score (nSPS) is 12.2. The second kappa shape index (κ2) is 6.72. The van der Waals surface area contributed by atoms with Crippen LogP contribution in [0.5, 0.6) is 5.75 Å². The number of rotatable bonds is 5. The molecular weight excluding hydrogens is 267 g/mol. The second-order valence-corrected chi connectivity index (χ2v) is 5.45. The van der Waals surface area contributed by atoms with E-state index in [1.54, 1.807) is 12.1 Å². The number of aliphatic hydroxyl groups excluding tert-OH is 1. The molecule has 0 saturated heterocycles. The van der Waals surface area contributed by atoms with Crippen LogP contribution >= 0.6 is 0 Å². The van der Waals surface area contributed by atoms with Gasteiger partial charge in [0.25, 0.3) is 0 Å². The van der Waals surface area contributed by atoms with Gasteiger partial charge in [0.05, 0.1) is 13.2 Å². The Morgan fingerprint density at radius 3 is 2.19 bits per heavy atom. The zero-order valence-corrected chi connectivity index (χ0v) is 12.7. The van der Waals surface area contributed by atoms with Crippen LogP contribution in [0.15, 0.2) is 36.4 Å². The number of aliphatic hydroxyl groups is 1. The van der Waals surface area contributed by atoms with Gasteiger partial charge in [-0.1, -0.05) is 24.3 Å². The summed E-state index contributed by atoms with van der Waals surface area (Å²) in [6.45, 7) is 4.12. The minimum absolute atomic E-state index is 0.224. The van der Waals surface area contributed by atoms with Crippen LogP contribution in [-0.4, -0.2) is 18.3 Å². The van der Waals surface area contributed by atoms with Crippen LogP contribution in [0.4, 0.5) is 4.39 Å². The molecule has 0 saturated carbocycles. The molecule has 2 aromatic carbocycles. The largest absolute Gasteiger partial charge is 0.494 e. The molecule has 0 bridgehead atoms. The minimum Gasteiger partial charge on any atom is -0.494 e. The summed E-state index contributed by atoms with van der Waals surface area (Å²) >= 11 is 0. The molecule has 0 aromatic heterocycles. The molecule has 112 valence electrons. The highest BCUT2D eigenvalue weighted by Gasteiger charge is 2.10. The molecule has 0 aliphatic rings. The summed E-state index contributed by atoms with van der Waals surface area (Å²) < 4.78 is 18.5. The van der Waals surface area contributed by atoms with Crippen LogP contribution in [0.3, 0.4) is 0 Å². The van der Waals surface area contributed by atoms with E-state index in [9.17, 15) is 9.50 Å². The number of benzene rings is 2. The third kappa shape index (κ3) is 4.05. The van der Waals surface area contributed by atoms with Crippen LogP contribution in [0.25, 0.3) is 0 Å². The molecule has 1 N–H and O–H groups in total. The Bertz CT molecular complexity index is 623. The summed E-state index contributed by atoms with van der Waals surface area (Å²) in [7, 11) is 1.44. The van der Waals surface area contributed by atoms with Crippen molar-refractivity contribution in [2.24, 2.45) is 0 Å². The summed E-state index contributed by atoms with van der Waals surface area (Å²) in [4.78, 5) is 0. The lowest BCUT2D eigenvalue weighted by Gasteiger charge is -2.13. The number of aryl methyl sites for hydroxylation is 2. The van der Waals surface area contributed by atoms with Gasteiger partial charge in [0.2, 0.25) is 0 Å². The molecule has 1 atom stereocenters. The zero-order chi connectivity index (χ0) is 15.4. The quantitative estimate of drug-likeness (QED) is 0.911. The molecule has 2 nitrogen and oxygen atoms in total. The Hall–Kier alpha value is -1.87. The van der Waals surface area contributed by atoms with Crippen molar-refractivity contribution in [2.75, 3.05) is 7.11 Å². The fraction of sp³-hybridized carbons (Fsp3) is 0.333. The van der Waals surface area contributed by atoms with E-state index in [-0.39, 0.29) is 5.75 Å². The zero-order valence-electron chi connectivity index (χ0n) is 12.7. The molecule has 0 aliphatic heterocycles. The fourth-order valence-electron chi connectivity index (χ4n) is 2.38. The van der Waals surface area contributed by atoms with Crippen LogP contribution < -0.4 is 4.74 Å². The molecule has 0 spiro atoms. The highest BCUT2D eigenvalue weighted by atomic mass is 19.1. The molecule has 1 unspecified atom stereocenters. The third-order valence-corrected chi connectivity index (χ3v) is 3.73. The standard InChI is InChI=1S/C18H21FO2/c1-12-4-5-14(8-13(12)2)9-16(20)10-15-6-7-18(21-3)17(19)11-15/h4-8,11,16,20H,9-10H2,1-3H3. The highest BCUT2D eigenvalue weighted by Crippen LogP contribution is 2.19. The summed E-state index contributed by atoms with van der Waals surface area (Å²) in [5.74, 6) is -0.171. The fourth-order valence-corrected chi connectivity index (χ4v) is 2.38. The van der Waals surface area contributed by atoms with Crippen molar-refractivity contribution >= 4 is 0 Å². The molecule has 0 amide bonds. The van der Waals surface area contributed by atoms with Gasteiger partial charge in [-0.15, -0.1) is 0 Å². The molecule has 0 radical (unpaired) electrons. The van der Waals surface area contributed by atoms with Crippen LogP contribution in [0.2, 0.25) is 0 Å². The molecule has 3 heteroatoms.